The van der Waals surface area contributed by atoms with E-state index in [1.54, 1.807) is 12.1 Å². The van der Waals surface area contributed by atoms with Gasteiger partial charge in [-0.3, -0.25) is 4.79 Å². The van der Waals surface area contributed by atoms with E-state index in [9.17, 15) is 9.90 Å². The van der Waals surface area contributed by atoms with Crippen LogP contribution in [0.1, 0.15) is 37.0 Å². The standard InChI is InChI=1S/C14H20N2O3/c1-10(2)19-12-4-3-11(7-15-12)13(18)16-8-14(9-17)5-6-14/h3-4,7,10,17H,5-6,8-9H2,1-2H3,(H,16,18). The molecule has 1 amide bonds. The van der Waals surface area contributed by atoms with Crippen molar-refractivity contribution < 1.29 is 14.6 Å². The maximum absolute atomic E-state index is 11.9. The van der Waals surface area contributed by atoms with Gasteiger partial charge in [-0.2, -0.15) is 0 Å². The van der Waals surface area contributed by atoms with Crippen LogP contribution in [0.2, 0.25) is 0 Å². The average molecular weight is 264 g/mol. The van der Waals surface area contributed by atoms with Gasteiger partial charge < -0.3 is 15.2 Å². The summed E-state index contributed by atoms with van der Waals surface area (Å²) in [6, 6.07) is 3.38. The molecule has 0 aromatic carbocycles. The second-order valence-electron chi connectivity index (χ2n) is 5.39. The molecule has 104 valence electrons. The Morgan fingerprint density at radius 1 is 1.53 bits per heavy atom. The molecular formula is C14H20N2O3. The molecule has 1 fully saturated rings. The van der Waals surface area contributed by atoms with Crippen molar-refractivity contribution >= 4 is 5.91 Å². The number of hydrogen-bond donors (Lipinski definition) is 2. The predicted molar refractivity (Wildman–Crippen MR) is 71.1 cm³/mol. The molecule has 0 saturated heterocycles. The summed E-state index contributed by atoms with van der Waals surface area (Å²) >= 11 is 0. The van der Waals surface area contributed by atoms with Gasteiger partial charge in [-0.15, -0.1) is 0 Å². The second kappa shape index (κ2) is 5.57. The lowest BCUT2D eigenvalue weighted by atomic mass is 10.1. The Kier molecular flexibility index (Phi) is 4.04. The lowest BCUT2D eigenvalue weighted by Gasteiger charge is -2.13. The first kappa shape index (κ1) is 13.8. The van der Waals surface area contributed by atoms with E-state index < -0.39 is 0 Å². The largest absolute Gasteiger partial charge is 0.475 e. The van der Waals surface area contributed by atoms with Crippen molar-refractivity contribution in [2.24, 2.45) is 5.41 Å². The molecule has 0 radical (unpaired) electrons. The molecule has 0 unspecified atom stereocenters. The van der Waals surface area contributed by atoms with Gasteiger partial charge >= 0.3 is 0 Å². The third kappa shape index (κ3) is 3.67. The molecule has 1 saturated carbocycles. The number of hydrogen-bond acceptors (Lipinski definition) is 4. The fourth-order valence-electron chi connectivity index (χ4n) is 1.76. The van der Waals surface area contributed by atoms with Crippen molar-refractivity contribution in [3.05, 3.63) is 23.9 Å². The molecule has 2 rings (SSSR count). The van der Waals surface area contributed by atoms with Crippen molar-refractivity contribution in [1.29, 1.82) is 0 Å². The van der Waals surface area contributed by atoms with Crippen LogP contribution in [0.4, 0.5) is 0 Å². The Labute approximate surface area is 113 Å². The highest BCUT2D eigenvalue weighted by atomic mass is 16.5. The van der Waals surface area contributed by atoms with Crippen molar-refractivity contribution in [1.82, 2.24) is 10.3 Å². The van der Waals surface area contributed by atoms with Gasteiger partial charge in [-0.05, 0) is 32.8 Å². The lowest BCUT2D eigenvalue weighted by Crippen LogP contribution is -2.31. The number of carbonyl (C=O) groups excluding carboxylic acids is 1. The minimum atomic E-state index is -0.164. The predicted octanol–water partition coefficient (Wildman–Crippen LogP) is 1.37. The van der Waals surface area contributed by atoms with E-state index in [-0.39, 0.29) is 24.0 Å². The van der Waals surface area contributed by atoms with E-state index >= 15 is 0 Å². The monoisotopic (exact) mass is 264 g/mol. The van der Waals surface area contributed by atoms with Crippen LogP contribution >= 0.6 is 0 Å². The summed E-state index contributed by atoms with van der Waals surface area (Å²) in [7, 11) is 0. The number of aliphatic hydroxyl groups is 1. The Bertz CT molecular complexity index is 439. The summed E-state index contributed by atoms with van der Waals surface area (Å²) in [5.74, 6) is 0.351. The van der Waals surface area contributed by atoms with Gasteiger partial charge in [0, 0.05) is 24.2 Å². The Hall–Kier alpha value is -1.62. The number of aliphatic hydroxyl groups excluding tert-OH is 1. The zero-order valence-electron chi connectivity index (χ0n) is 11.3. The quantitative estimate of drug-likeness (QED) is 0.814. The molecule has 5 nitrogen and oxygen atoms in total. The van der Waals surface area contributed by atoms with Crippen LogP contribution in [0.25, 0.3) is 0 Å². The topological polar surface area (TPSA) is 71.5 Å². The first-order valence-electron chi connectivity index (χ1n) is 6.56. The molecule has 1 aliphatic rings. The molecule has 2 N–H and O–H groups in total. The molecule has 19 heavy (non-hydrogen) atoms. The molecule has 0 spiro atoms. The van der Waals surface area contributed by atoms with Gasteiger partial charge in [0.15, 0.2) is 0 Å². The second-order valence-corrected chi connectivity index (χ2v) is 5.39. The highest BCUT2D eigenvalue weighted by Gasteiger charge is 2.42. The van der Waals surface area contributed by atoms with Gasteiger partial charge in [-0.25, -0.2) is 4.98 Å². The summed E-state index contributed by atoms with van der Waals surface area (Å²) in [4.78, 5) is 16.0. The fraction of sp³-hybridized carbons (Fsp3) is 0.571. The highest BCUT2D eigenvalue weighted by Crippen LogP contribution is 2.44. The molecule has 0 bridgehead atoms. The molecule has 0 atom stereocenters. The summed E-state index contributed by atoms with van der Waals surface area (Å²) < 4.78 is 5.41. The molecule has 0 aliphatic heterocycles. The molecule has 1 heterocycles. The number of rotatable bonds is 6. The summed E-state index contributed by atoms with van der Waals surface area (Å²) in [6.45, 7) is 4.50. The average Bonchev–Trinajstić information content (AvgIpc) is 3.17. The van der Waals surface area contributed by atoms with Crippen LogP contribution in [0.3, 0.4) is 0 Å². The third-order valence-corrected chi connectivity index (χ3v) is 3.27. The number of nitrogens with one attached hydrogen (secondary N) is 1. The first-order valence-corrected chi connectivity index (χ1v) is 6.56. The van der Waals surface area contributed by atoms with Crippen LogP contribution in [-0.4, -0.2) is 35.3 Å². The van der Waals surface area contributed by atoms with E-state index in [0.717, 1.165) is 12.8 Å². The number of aromatic nitrogens is 1. The first-order chi connectivity index (χ1) is 9.04. The van der Waals surface area contributed by atoms with Crippen LogP contribution in [0.15, 0.2) is 18.3 Å². The van der Waals surface area contributed by atoms with Gasteiger partial charge in [0.1, 0.15) is 0 Å². The van der Waals surface area contributed by atoms with Gasteiger partial charge in [0.2, 0.25) is 5.88 Å². The summed E-state index contributed by atoms with van der Waals surface area (Å²) in [5, 5.41) is 12.0. The van der Waals surface area contributed by atoms with E-state index in [2.05, 4.69) is 10.3 Å². The van der Waals surface area contributed by atoms with Crippen molar-refractivity contribution in [3.8, 4) is 5.88 Å². The van der Waals surface area contributed by atoms with Gasteiger partial charge in [-0.1, -0.05) is 0 Å². The SMILES string of the molecule is CC(C)Oc1ccc(C(=O)NCC2(CO)CC2)cn1. The van der Waals surface area contributed by atoms with Gasteiger partial charge in [0.05, 0.1) is 18.3 Å². The van der Waals surface area contributed by atoms with Crippen LogP contribution in [0.5, 0.6) is 5.88 Å². The number of pyridine rings is 1. The zero-order valence-corrected chi connectivity index (χ0v) is 11.3. The number of nitrogens with zero attached hydrogens (tertiary/aromatic N) is 1. The molecule has 5 heteroatoms. The minimum absolute atomic E-state index is 0.0615. The van der Waals surface area contributed by atoms with Crippen molar-refractivity contribution in [3.63, 3.8) is 0 Å². The summed E-state index contributed by atoms with van der Waals surface area (Å²) in [5.41, 5.74) is 0.425. The van der Waals surface area contributed by atoms with E-state index in [0.29, 0.717) is 18.0 Å². The van der Waals surface area contributed by atoms with E-state index in [1.165, 1.54) is 6.20 Å². The number of carbonyl (C=O) groups is 1. The van der Waals surface area contributed by atoms with Crippen molar-refractivity contribution in [2.45, 2.75) is 32.8 Å². The number of ether oxygens (including phenoxy) is 1. The van der Waals surface area contributed by atoms with Crippen molar-refractivity contribution in [2.75, 3.05) is 13.2 Å². The molecule has 1 aromatic heterocycles. The van der Waals surface area contributed by atoms with E-state index in [1.807, 2.05) is 13.8 Å². The normalized spacial score (nSPS) is 16.2. The van der Waals surface area contributed by atoms with E-state index in [4.69, 9.17) is 4.74 Å². The third-order valence-electron chi connectivity index (χ3n) is 3.27. The Morgan fingerprint density at radius 3 is 2.74 bits per heavy atom. The highest BCUT2D eigenvalue weighted by molar-refractivity contribution is 5.93. The maximum atomic E-state index is 11.9. The maximum Gasteiger partial charge on any atom is 0.252 e. The number of amides is 1. The van der Waals surface area contributed by atoms with Crippen LogP contribution < -0.4 is 10.1 Å². The Balaban J connectivity index is 1.88. The summed E-state index contributed by atoms with van der Waals surface area (Å²) in [6.07, 6.45) is 3.52. The molecular weight excluding hydrogens is 244 g/mol. The minimum Gasteiger partial charge on any atom is -0.475 e. The molecule has 1 aliphatic carbocycles. The smallest absolute Gasteiger partial charge is 0.252 e. The van der Waals surface area contributed by atoms with Crippen LogP contribution in [0, 0.1) is 5.41 Å². The fourth-order valence-corrected chi connectivity index (χ4v) is 1.76. The molecule has 1 aromatic rings. The zero-order chi connectivity index (χ0) is 13.9. The lowest BCUT2D eigenvalue weighted by molar-refractivity contribution is 0.0934. The van der Waals surface area contributed by atoms with Crippen LogP contribution in [-0.2, 0) is 0 Å². The Morgan fingerprint density at radius 2 is 2.26 bits per heavy atom. The van der Waals surface area contributed by atoms with Gasteiger partial charge in [0.25, 0.3) is 5.91 Å².